The quantitative estimate of drug-likeness (QED) is 0.679. The van der Waals surface area contributed by atoms with E-state index in [4.69, 9.17) is 5.73 Å². The highest BCUT2D eigenvalue weighted by Gasteiger charge is 1.88. The summed E-state index contributed by atoms with van der Waals surface area (Å²) in [6, 6.07) is 0. The topological polar surface area (TPSA) is 54.7 Å². The third kappa shape index (κ3) is 2.55. The third-order valence-corrected chi connectivity index (χ3v) is 1.35. The molecule has 0 aliphatic rings. The van der Waals surface area contributed by atoms with Gasteiger partial charge >= 0.3 is 0 Å². The van der Waals surface area contributed by atoms with Gasteiger partial charge in [0.15, 0.2) is 0 Å². The van der Waals surface area contributed by atoms with Gasteiger partial charge in [0.2, 0.25) is 0 Å². The van der Waals surface area contributed by atoms with E-state index < -0.39 is 0 Å². The van der Waals surface area contributed by atoms with E-state index in [1.807, 2.05) is 25.3 Å². The van der Waals surface area contributed by atoms with Crippen molar-refractivity contribution in [3.8, 4) is 0 Å². The van der Waals surface area contributed by atoms with Crippen LogP contribution in [-0.4, -0.2) is 16.5 Å². The van der Waals surface area contributed by atoms with Crippen molar-refractivity contribution in [2.45, 2.75) is 13.3 Å². The second-order valence-corrected chi connectivity index (χ2v) is 2.40. The molecule has 0 radical (unpaired) electrons. The Kier molecular flexibility index (Phi) is 2.86. The Morgan fingerprint density at radius 3 is 3.09 bits per heavy atom. The van der Waals surface area contributed by atoms with Crippen LogP contribution in [0.5, 0.6) is 0 Å². The number of nitrogens with one attached hydrogen (secondary N) is 1. The molecule has 0 amide bonds. The Morgan fingerprint density at radius 1 is 1.73 bits per heavy atom. The fourth-order valence-electron chi connectivity index (χ4n) is 0.831. The summed E-state index contributed by atoms with van der Waals surface area (Å²) in [6.45, 7) is 2.63. The van der Waals surface area contributed by atoms with Crippen LogP contribution in [0, 0.1) is 6.92 Å². The summed E-state index contributed by atoms with van der Waals surface area (Å²) in [5, 5.41) is 0. The van der Waals surface area contributed by atoms with E-state index in [9.17, 15) is 0 Å². The second kappa shape index (κ2) is 3.93. The normalized spacial score (nSPS) is 11.1. The monoisotopic (exact) mass is 151 g/mol. The second-order valence-electron chi connectivity index (χ2n) is 2.40. The fourth-order valence-corrected chi connectivity index (χ4v) is 0.831. The molecular formula is C8H13N3. The highest BCUT2D eigenvalue weighted by atomic mass is 14.9. The van der Waals surface area contributed by atoms with Crippen LogP contribution < -0.4 is 5.73 Å². The number of aryl methyl sites for hydroxylation is 1. The number of H-pyrrole nitrogens is 1. The van der Waals surface area contributed by atoms with Crippen molar-refractivity contribution in [3.05, 3.63) is 23.8 Å². The minimum absolute atomic E-state index is 0.698. The number of hydrogen-bond acceptors (Lipinski definition) is 2. The molecule has 0 spiro atoms. The Labute approximate surface area is 66.3 Å². The zero-order valence-corrected chi connectivity index (χ0v) is 6.67. The van der Waals surface area contributed by atoms with Gasteiger partial charge in [-0.25, -0.2) is 4.98 Å². The highest BCUT2D eigenvalue weighted by Crippen LogP contribution is 1.98. The Bertz CT molecular complexity index is 237. The first-order chi connectivity index (χ1) is 5.33. The van der Waals surface area contributed by atoms with E-state index in [0.717, 1.165) is 17.9 Å². The number of nitrogens with two attached hydrogens (primary N) is 1. The van der Waals surface area contributed by atoms with Crippen LogP contribution in [0.25, 0.3) is 6.08 Å². The zero-order chi connectivity index (χ0) is 8.10. The van der Waals surface area contributed by atoms with Crippen LogP contribution in [0.3, 0.4) is 0 Å². The standard InChI is InChI=1S/C8H13N3/c1-7-10-6-8(11-7)4-2-3-5-9/h2,4,6H,3,5,9H2,1H3,(H,10,11). The molecule has 0 aliphatic carbocycles. The lowest BCUT2D eigenvalue weighted by atomic mass is 10.3. The van der Waals surface area contributed by atoms with E-state index >= 15 is 0 Å². The first-order valence-electron chi connectivity index (χ1n) is 3.71. The molecule has 0 saturated heterocycles. The van der Waals surface area contributed by atoms with Crippen molar-refractivity contribution < 1.29 is 0 Å². The van der Waals surface area contributed by atoms with Gasteiger partial charge in [-0.05, 0) is 26.0 Å². The molecule has 0 aromatic carbocycles. The van der Waals surface area contributed by atoms with Crippen LogP contribution >= 0.6 is 0 Å². The largest absolute Gasteiger partial charge is 0.343 e. The molecule has 1 aromatic rings. The molecule has 0 aliphatic heterocycles. The number of imidazole rings is 1. The van der Waals surface area contributed by atoms with E-state index in [0.29, 0.717) is 6.54 Å². The fraction of sp³-hybridized carbons (Fsp3) is 0.375. The van der Waals surface area contributed by atoms with Crippen molar-refractivity contribution in [2.24, 2.45) is 5.73 Å². The van der Waals surface area contributed by atoms with E-state index in [1.54, 1.807) is 0 Å². The molecule has 1 aromatic heterocycles. The smallest absolute Gasteiger partial charge is 0.103 e. The maximum atomic E-state index is 5.32. The van der Waals surface area contributed by atoms with Gasteiger partial charge in [-0.1, -0.05) is 6.08 Å². The summed E-state index contributed by atoms with van der Waals surface area (Å²) < 4.78 is 0. The van der Waals surface area contributed by atoms with E-state index in [-0.39, 0.29) is 0 Å². The molecule has 60 valence electrons. The number of aromatic nitrogens is 2. The molecule has 11 heavy (non-hydrogen) atoms. The lowest BCUT2D eigenvalue weighted by Gasteiger charge is -1.84. The first-order valence-corrected chi connectivity index (χ1v) is 3.71. The summed E-state index contributed by atoms with van der Waals surface area (Å²) in [4.78, 5) is 7.15. The van der Waals surface area contributed by atoms with Crippen LogP contribution in [0.1, 0.15) is 17.9 Å². The SMILES string of the molecule is Cc1ncc(C=CCCN)[nH]1. The van der Waals surface area contributed by atoms with Crippen molar-refractivity contribution in [1.82, 2.24) is 9.97 Å². The van der Waals surface area contributed by atoms with Crippen LogP contribution in [0.4, 0.5) is 0 Å². The number of nitrogens with zero attached hydrogens (tertiary/aromatic N) is 1. The number of rotatable bonds is 3. The van der Waals surface area contributed by atoms with Crippen molar-refractivity contribution in [1.29, 1.82) is 0 Å². The Hall–Kier alpha value is -1.09. The molecule has 0 unspecified atom stereocenters. The number of aromatic amines is 1. The average Bonchev–Trinajstić information content (AvgIpc) is 2.37. The lowest BCUT2D eigenvalue weighted by molar-refractivity contribution is 1.01. The van der Waals surface area contributed by atoms with Gasteiger partial charge in [-0.2, -0.15) is 0 Å². The zero-order valence-electron chi connectivity index (χ0n) is 6.67. The third-order valence-electron chi connectivity index (χ3n) is 1.35. The lowest BCUT2D eigenvalue weighted by Crippen LogP contribution is -1.94. The molecule has 3 N–H and O–H groups in total. The molecule has 0 atom stereocenters. The van der Waals surface area contributed by atoms with Crippen LogP contribution in [-0.2, 0) is 0 Å². The van der Waals surface area contributed by atoms with Gasteiger partial charge in [0.05, 0.1) is 11.9 Å². The van der Waals surface area contributed by atoms with Gasteiger partial charge in [0.25, 0.3) is 0 Å². The molecule has 0 bridgehead atoms. The van der Waals surface area contributed by atoms with Gasteiger partial charge in [-0.15, -0.1) is 0 Å². The van der Waals surface area contributed by atoms with Crippen molar-refractivity contribution in [3.63, 3.8) is 0 Å². The van der Waals surface area contributed by atoms with Crippen LogP contribution in [0.2, 0.25) is 0 Å². The van der Waals surface area contributed by atoms with Gasteiger partial charge in [0, 0.05) is 0 Å². The Balaban J connectivity index is 2.50. The molecule has 3 heteroatoms. The summed E-state index contributed by atoms with van der Waals surface area (Å²) in [7, 11) is 0. The van der Waals surface area contributed by atoms with Crippen molar-refractivity contribution >= 4 is 6.08 Å². The molecule has 1 heterocycles. The number of hydrogen-bond donors (Lipinski definition) is 2. The van der Waals surface area contributed by atoms with Gasteiger partial charge < -0.3 is 10.7 Å². The first kappa shape index (κ1) is 8.01. The maximum absolute atomic E-state index is 5.32. The van der Waals surface area contributed by atoms with Crippen molar-refractivity contribution in [2.75, 3.05) is 6.54 Å². The minimum atomic E-state index is 0.698. The maximum Gasteiger partial charge on any atom is 0.103 e. The van der Waals surface area contributed by atoms with E-state index in [1.165, 1.54) is 0 Å². The average molecular weight is 151 g/mol. The summed E-state index contributed by atoms with van der Waals surface area (Å²) >= 11 is 0. The van der Waals surface area contributed by atoms with Gasteiger partial charge in [-0.3, -0.25) is 0 Å². The molecule has 0 saturated carbocycles. The van der Waals surface area contributed by atoms with E-state index in [2.05, 4.69) is 9.97 Å². The molecule has 1 rings (SSSR count). The predicted molar refractivity (Wildman–Crippen MR) is 46.0 cm³/mol. The molecule has 3 nitrogen and oxygen atoms in total. The minimum Gasteiger partial charge on any atom is -0.343 e. The molecular weight excluding hydrogens is 138 g/mol. The van der Waals surface area contributed by atoms with Gasteiger partial charge in [0.1, 0.15) is 5.82 Å². The van der Waals surface area contributed by atoms with Crippen LogP contribution in [0.15, 0.2) is 12.3 Å². The molecule has 0 fully saturated rings. The predicted octanol–water partition coefficient (Wildman–Crippen LogP) is 1.08. The summed E-state index contributed by atoms with van der Waals surface area (Å²) in [5.74, 6) is 0.942. The Morgan fingerprint density at radius 2 is 2.55 bits per heavy atom. The summed E-state index contributed by atoms with van der Waals surface area (Å²) in [6.07, 6.45) is 6.75. The summed E-state index contributed by atoms with van der Waals surface area (Å²) in [5.41, 5.74) is 6.36. The highest BCUT2D eigenvalue weighted by molar-refractivity contribution is 5.43.